The number of esters is 2. The van der Waals surface area contributed by atoms with Crippen molar-refractivity contribution in [3.8, 4) is 0 Å². The van der Waals surface area contributed by atoms with Crippen LogP contribution in [0.25, 0.3) is 0 Å². The van der Waals surface area contributed by atoms with Crippen LogP contribution in [-0.4, -0.2) is 96.8 Å². The van der Waals surface area contributed by atoms with E-state index in [4.69, 9.17) is 18.9 Å². The average molecular weight is 755 g/mol. The summed E-state index contributed by atoms with van der Waals surface area (Å²) in [6.07, 6.45) is -1.75. The highest BCUT2D eigenvalue weighted by molar-refractivity contribution is 5.98. The molecule has 2 aliphatic heterocycles. The summed E-state index contributed by atoms with van der Waals surface area (Å²) in [6.45, 7) is 5.12. The second kappa shape index (κ2) is 18.1. The fourth-order valence-corrected chi connectivity index (χ4v) is 7.38. The number of carbonyl (C=O) groups excluding carboxylic acids is 2. The largest absolute Gasteiger partial charge is 0.479 e. The number of carbonyl (C=O) groups is 5. The Labute approximate surface area is 313 Å². The van der Waals surface area contributed by atoms with E-state index in [1.54, 1.807) is 6.08 Å². The zero-order valence-electron chi connectivity index (χ0n) is 30.7. The molecule has 8 unspecified atom stereocenters. The van der Waals surface area contributed by atoms with Gasteiger partial charge in [-0.3, -0.25) is 9.59 Å². The summed E-state index contributed by atoms with van der Waals surface area (Å²) in [5.74, 6) is -10.8. The molecule has 2 aliphatic rings. The van der Waals surface area contributed by atoms with Crippen molar-refractivity contribution in [2.75, 3.05) is 0 Å². The highest BCUT2D eigenvalue weighted by atomic mass is 16.8. The van der Waals surface area contributed by atoms with Crippen LogP contribution in [0.15, 0.2) is 72.8 Å². The molecular weight excluding hydrogens is 704 g/mol. The number of allylic oxidation sites excluding steroid dienone is 2. The van der Waals surface area contributed by atoms with Gasteiger partial charge in [0.25, 0.3) is 0 Å². The first-order valence-corrected chi connectivity index (χ1v) is 18.2. The number of ether oxygens (including phenoxy) is 4. The number of hydrogen-bond acceptors (Lipinski definition) is 11. The fraction of sp³-hybridized carbons (Fsp3) is 0.525. The number of fused-ring (bicyclic) bond motifs is 2. The molecule has 0 spiro atoms. The van der Waals surface area contributed by atoms with Crippen LogP contribution >= 0.6 is 0 Å². The molecule has 2 fully saturated rings. The first-order valence-electron chi connectivity index (χ1n) is 18.2. The average Bonchev–Trinajstić information content (AvgIpc) is 3.33. The molecule has 0 aliphatic carbocycles. The second-order valence-corrected chi connectivity index (χ2v) is 14.2. The summed E-state index contributed by atoms with van der Waals surface area (Å²) in [4.78, 5) is 63.2. The number of aliphatic hydroxyl groups is 2. The molecule has 4 rings (SSSR count). The van der Waals surface area contributed by atoms with Crippen molar-refractivity contribution in [2.24, 2.45) is 11.8 Å². The van der Waals surface area contributed by atoms with Crippen LogP contribution in [0.5, 0.6) is 0 Å². The summed E-state index contributed by atoms with van der Waals surface area (Å²) >= 11 is 0. The van der Waals surface area contributed by atoms with E-state index in [2.05, 4.69) is 12.1 Å². The van der Waals surface area contributed by atoms with Gasteiger partial charge < -0.3 is 44.5 Å². The number of aryl methyl sites for hydroxylation is 1. The third-order valence-corrected chi connectivity index (χ3v) is 10.2. The first-order chi connectivity index (χ1) is 25.6. The van der Waals surface area contributed by atoms with Crippen molar-refractivity contribution < 1.29 is 68.5 Å². The molecule has 9 atom stereocenters. The van der Waals surface area contributed by atoms with Crippen LogP contribution in [0.4, 0.5) is 0 Å². The number of carboxylic acids is 3. The highest BCUT2D eigenvalue weighted by Gasteiger charge is 2.85. The Bertz CT molecular complexity index is 1650. The van der Waals surface area contributed by atoms with Crippen molar-refractivity contribution in [2.45, 2.75) is 120 Å². The van der Waals surface area contributed by atoms with E-state index in [1.807, 2.05) is 68.5 Å². The fourth-order valence-electron chi connectivity index (χ4n) is 7.38. The lowest BCUT2D eigenvalue weighted by Crippen LogP contribution is -2.78. The van der Waals surface area contributed by atoms with Crippen LogP contribution < -0.4 is 0 Å². The molecule has 14 heteroatoms. The van der Waals surface area contributed by atoms with Crippen molar-refractivity contribution in [3.63, 3.8) is 0 Å². The lowest BCUT2D eigenvalue weighted by Gasteiger charge is -2.48. The van der Waals surface area contributed by atoms with Gasteiger partial charge in [0.15, 0.2) is 6.10 Å². The van der Waals surface area contributed by atoms with Gasteiger partial charge in [0.2, 0.25) is 23.1 Å². The molecule has 0 aromatic heterocycles. The van der Waals surface area contributed by atoms with Crippen molar-refractivity contribution in [1.82, 2.24) is 0 Å². The molecular formula is C40H50O14. The van der Waals surface area contributed by atoms with Crippen LogP contribution in [0.2, 0.25) is 0 Å². The molecule has 2 aromatic rings. The zero-order valence-corrected chi connectivity index (χ0v) is 30.7. The molecule has 54 heavy (non-hydrogen) atoms. The lowest BCUT2D eigenvalue weighted by atomic mass is 9.74. The Morgan fingerprint density at radius 2 is 1.52 bits per heavy atom. The molecule has 5 N–H and O–H groups in total. The zero-order chi connectivity index (χ0) is 39.7. The van der Waals surface area contributed by atoms with Crippen molar-refractivity contribution >= 4 is 29.8 Å². The summed E-state index contributed by atoms with van der Waals surface area (Å²) < 4.78 is 22.2. The van der Waals surface area contributed by atoms with Crippen molar-refractivity contribution in [1.29, 1.82) is 0 Å². The number of carboxylic acid groups (broad SMARTS) is 3. The van der Waals surface area contributed by atoms with E-state index < -0.39 is 77.7 Å². The van der Waals surface area contributed by atoms with E-state index >= 15 is 0 Å². The molecule has 2 saturated heterocycles. The topological polar surface area (TPSA) is 223 Å². The Morgan fingerprint density at radius 1 is 0.889 bits per heavy atom. The first kappa shape index (κ1) is 42.1. The maximum atomic E-state index is 13.2. The van der Waals surface area contributed by atoms with Crippen LogP contribution in [0.3, 0.4) is 0 Å². The molecule has 2 heterocycles. The van der Waals surface area contributed by atoms with Gasteiger partial charge in [-0.15, -0.1) is 0 Å². The smallest absolute Gasteiger partial charge is 0.344 e. The van der Waals surface area contributed by atoms with E-state index in [-0.39, 0.29) is 37.5 Å². The molecule has 294 valence electrons. The summed E-state index contributed by atoms with van der Waals surface area (Å²) in [7, 11) is 0. The molecule has 0 radical (unpaired) electrons. The van der Waals surface area contributed by atoms with E-state index in [1.165, 1.54) is 12.5 Å². The third kappa shape index (κ3) is 9.17. The Balaban J connectivity index is 1.51. The Hall–Kier alpha value is -4.63. The normalized spacial score (nSPS) is 27.8. The number of hydrogen-bond donors (Lipinski definition) is 5. The van der Waals surface area contributed by atoms with E-state index in [0.29, 0.717) is 6.42 Å². The minimum Gasteiger partial charge on any atom is -0.479 e. The SMILES string of the molecule is CC(=O)OC(CCCC12OC(C(=O)O)C(O)(C(=O)O)C(C(=O)O)(O1)C(OC(=O)CC/C=C/C(C)CCCc1ccccc1)[C@H]2O)C(C)Cc1ccccc1. The molecule has 2 aromatic carbocycles. The van der Waals surface area contributed by atoms with Crippen molar-refractivity contribution in [3.05, 3.63) is 83.9 Å². The standard InChI is InChI=1S/C40H50O14/c1-25(15-12-20-28-16-6-4-7-17-28)14-10-11-22-31(42)52-33-32(43)38(53-34(35(44)45)39(50,36(46)47)40(33,54-38)37(48)49)23-13-21-30(51-27(3)41)26(2)24-29-18-8-5-9-19-29/h4-10,14,16-19,25-26,30,32-34,43,50H,11-13,15,20-24H2,1-3H3,(H,44,45)(H,46,47)(H,48,49)/b14-10+/t25?,26?,30?,32-,33?,34?,38?,39?,40?/m1/s1. The Kier molecular flexibility index (Phi) is 14.1. The third-order valence-electron chi connectivity index (χ3n) is 10.2. The minimum atomic E-state index is -3.86. The number of aliphatic hydroxyl groups excluding tert-OH is 1. The van der Waals surface area contributed by atoms with E-state index in [9.17, 15) is 49.5 Å². The lowest BCUT2D eigenvalue weighted by molar-refractivity contribution is -0.374. The van der Waals surface area contributed by atoms with Crippen LogP contribution in [-0.2, 0) is 55.8 Å². The van der Waals surface area contributed by atoms with Crippen LogP contribution in [0.1, 0.15) is 76.8 Å². The molecule has 2 bridgehead atoms. The molecule has 0 saturated carbocycles. The number of benzene rings is 2. The van der Waals surface area contributed by atoms with Gasteiger partial charge in [0.05, 0.1) is 0 Å². The van der Waals surface area contributed by atoms with Gasteiger partial charge in [-0.25, -0.2) is 14.4 Å². The monoisotopic (exact) mass is 754 g/mol. The van der Waals surface area contributed by atoms with E-state index in [0.717, 1.165) is 24.8 Å². The second-order valence-electron chi connectivity index (χ2n) is 14.2. The maximum Gasteiger partial charge on any atom is 0.344 e. The van der Waals surface area contributed by atoms with Gasteiger partial charge in [-0.2, -0.15) is 0 Å². The van der Waals surface area contributed by atoms with Gasteiger partial charge >= 0.3 is 29.8 Å². The predicted octanol–water partition coefficient (Wildman–Crippen LogP) is 4.08. The quantitative estimate of drug-likeness (QED) is 0.0950. The van der Waals surface area contributed by atoms with Gasteiger partial charge in [0.1, 0.15) is 12.2 Å². The van der Waals surface area contributed by atoms with Crippen LogP contribution in [0, 0.1) is 11.8 Å². The maximum absolute atomic E-state index is 13.2. The van der Waals surface area contributed by atoms with Gasteiger partial charge in [-0.1, -0.05) is 86.7 Å². The number of rotatable bonds is 20. The van der Waals surface area contributed by atoms with Gasteiger partial charge in [0, 0.05) is 19.8 Å². The predicted molar refractivity (Wildman–Crippen MR) is 191 cm³/mol. The summed E-state index contributed by atoms with van der Waals surface area (Å²) in [5.41, 5.74) is -5.16. The van der Waals surface area contributed by atoms with Gasteiger partial charge in [-0.05, 0) is 67.9 Å². The summed E-state index contributed by atoms with van der Waals surface area (Å²) in [5, 5.41) is 53.7. The Morgan fingerprint density at radius 3 is 2.09 bits per heavy atom. The number of aliphatic carboxylic acids is 3. The summed E-state index contributed by atoms with van der Waals surface area (Å²) in [6, 6.07) is 19.4. The minimum absolute atomic E-state index is 0.0311. The highest BCUT2D eigenvalue weighted by Crippen LogP contribution is 2.55. The molecule has 14 nitrogen and oxygen atoms in total. The molecule has 0 amide bonds.